The first-order chi connectivity index (χ1) is 17.8. The number of hydrogen-bond acceptors (Lipinski definition) is 2. The number of carbonyl (C=O) groups is 1. The van der Waals surface area contributed by atoms with Crippen LogP contribution in [0.4, 0.5) is 0 Å². The summed E-state index contributed by atoms with van der Waals surface area (Å²) in [6.07, 6.45) is 0. The van der Waals surface area contributed by atoms with Gasteiger partial charge in [0.25, 0.3) is 0 Å². The van der Waals surface area contributed by atoms with Crippen LogP contribution < -0.4 is 4.74 Å². The first-order valence-corrected chi connectivity index (χ1v) is 12.1. The predicted octanol–water partition coefficient (Wildman–Crippen LogP) is 7.71. The summed E-state index contributed by atoms with van der Waals surface area (Å²) in [5, 5.41) is 0. The lowest BCUT2D eigenvalue weighted by molar-refractivity contribution is 0.0922. The van der Waals surface area contributed by atoms with E-state index in [0.717, 1.165) is 33.6 Å². The molecule has 5 aromatic carbocycles. The third-order valence-electron chi connectivity index (χ3n) is 6.71. The van der Waals surface area contributed by atoms with E-state index in [4.69, 9.17) is 4.74 Å². The lowest BCUT2D eigenvalue weighted by Crippen LogP contribution is -2.43. The molecule has 0 fully saturated rings. The van der Waals surface area contributed by atoms with Gasteiger partial charge in [-0.3, -0.25) is 4.79 Å². The molecule has 5 aromatic rings. The van der Waals surface area contributed by atoms with Crippen molar-refractivity contribution < 1.29 is 9.53 Å². The van der Waals surface area contributed by atoms with Gasteiger partial charge in [0.2, 0.25) is 0 Å². The third-order valence-corrected chi connectivity index (χ3v) is 6.71. The lowest BCUT2D eigenvalue weighted by atomic mass is 9.71. The average Bonchev–Trinajstić information content (AvgIpc) is 2.97. The van der Waals surface area contributed by atoms with Crippen molar-refractivity contribution in [3.63, 3.8) is 0 Å². The van der Waals surface area contributed by atoms with Gasteiger partial charge in [-0.2, -0.15) is 0 Å². The van der Waals surface area contributed by atoms with Gasteiger partial charge in [-0.25, -0.2) is 0 Å². The van der Waals surface area contributed by atoms with Gasteiger partial charge in [0.05, 0.1) is 5.57 Å². The van der Waals surface area contributed by atoms with Crippen molar-refractivity contribution in [1.82, 2.24) is 0 Å². The summed E-state index contributed by atoms with van der Waals surface area (Å²) in [6, 6.07) is 47.8. The summed E-state index contributed by atoms with van der Waals surface area (Å²) in [7, 11) is 0. The topological polar surface area (TPSA) is 26.3 Å². The summed E-state index contributed by atoms with van der Waals surface area (Å²) < 4.78 is 7.02. The van der Waals surface area contributed by atoms with Gasteiger partial charge in [0.1, 0.15) is 5.75 Å². The Hall–Kier alpha value is -4.69. The van der Waals surface area contributed by atoms with Gasteiger partial charge in [0, 0.05) is 27.8 Å². The highest BCUT2D eigenvalue weighted by Gasteiger charge is 2.49. The minimum Gasteiger partial charge on any atom is -0.472 e. The van der Waals surface area contributed by atoms with Crippen LogP contribution in [-0.2, 0) is 5.60 Å². The Bertz CT molecular complexity index is 1500. The molecule has 0 N–H and O–H groups in total. The van der Waals surface area contributed by atoms with Crippen molar-refractivity contribution in [2.75, 3.05) is 0 Å². The lowest BCUT2D eigenvalue weighted by Gasteiger charge is -2.42. The van der Waals surface area contributed by atoms with Crippen molar-refractivity contribution in [2.45, 2.75) is 5.60 Å². The maximum atomic E-state index is 14.6. The SMILES string of the molecule is O=C(C1=C(c2ccccc2)c2ccccc2OC1(c1ccccc1)c1ccccc1)c1ccccc1. The molecule has 1 heterocycles. The number of para-hydroxylation sites is 1. The highest BCUT2D eigenvalue weighted by molar-refractivity contribution is 6.17. The molecule has 2 nitrogen and oxygen atoms in total. The van der Waals surface area contributed by atoms with Gasteiger partial charge >= 0.3 is 0 Å². The van der Waals surface area contributed by atoms with Gasteiger partial charge in [0.15, 0.2) is 11.4 Å². The highest BCUT2D eigenvalue weighted by atomic mass is 16.5. The van der Waals surface area contributed by atoms with Crippen molar-refractivity contribution in [1.29, 1.82) is 0 Å². The number of Topliss-reactive ketones (excluding diaryl/α,β-unsaturated/α-hetero) is 1. The minimum absolute atomic E-state index is 0.0586. The number of ketones is 1. The van der Waals surface area contributed by atoms with Crippen LogP contribution in [0.3, 0.4) is 0 Å². The van der Waals surface area contributed by atoms with Gasteiger partial charge < -0.3 is 4.74 Å². The second-order valence-electron chi connectivity index (χ2n) is 8.82. The highest BCUT2D eigenvalue weighted by Crippen LogP contribution is 2.52. The number of fused-ring (bicyclic) bond motifs is 1. The van der Waals surface area contributed by atoms with Gasteiger partial charge in [-0.1, -0.05) is 140 Å². The molecular weight excluding hydrogens is 440 g/mol. The Kier molecular flexibility index (Phi) is 5.55. The smallest absolute Gasteiger partial charge is 0.194 e. The van der Waals surface area contributed by atoms with E-state index >= 15 is 0 Å². The van der Waals surface area contributed by atoms with E-state index in [9.17, 15) is 4.79 Å². The van der Waals surface area contributed by atoms with Crippen molar-refractivity contribution >= 4 is 11.4 Å². The summed E-state index contributed by atoms with van der Waals surface area (Å²) in [6.45, 7) is 0. The first kappa shape index (κ1) is 21.8. The van der Waals surface area contributed by atoms with Crippen LogP contribution in [0.25, 0.3) is 5.57 Å². The fourth-order valence-corrected chi connectivity index (χ4v) is 5.12. The van der Waals surface area contributed by atoms with E-state index in [0.29, 0.717) is 11.1 Å². The van der Waals surface area contributed by atoms with E-state index < -0.39 is 5.60 Å². The van der Waals surface area contributed by atoms with Gasteiger partial charge in [-0.15, -0.1) is 0 Å². The molecular formula is C34H24O2. The zero-order chi connectivity index (χ0) is 24.4. The van der Waals surface area contributed by atoms with Crippen LogP contribution in [0.2, 0.25) is 0 Å². The summed E-state index contributed by atoms with van der Waals surface area (Å²) >= 11 is 0. The molecule has 0 unspecified atom stereocenters. The summed E-state index contributed by atoms with van der Waals surface area (Å²) in [5.74, 6) is 0.685. The van der Waals surface area contributed by atoms with E-state index in [1.165, 1.54) is 0 Å². The Labute approximate surface area is 211 Å². The first-order valence-electron chi connectivity index (χ1n) is 12.1. The molecule has 0 aromatic heterocycles. The normalized spacial score (nSPS) is 14.0. The van der Waals surface area contributed by atoms with Crippen LogP contribution in [0.1, 0.15) is 32.6 Å². The number of benzene rings is 5. The molecule has 0 aliphatic carbocycles. The monoisotopic (exact) mass is 464 g/mol. The average molecular weight is 465 g/mol. The minimum atomic E-state index is -1.14. The third kappa shape index (κ3) is 3.55. The maximum absolute atomic E-state index is 14.6. The molecule has 36 heavy (non-hydrogen) atoms. The van der Waals surface area contributed by atoms with E-state index in [-0.39, 0.29) is 5.78 Å². The van der Waals surface area contributed by atoms with Crippen LogP contribution in [-0.4, -0.2) is 5.78 Å². The van der Waals surface area contributed by atoms with E-state index in [2.05, 4.69) is 12.1 Å². The molecule has 0 saturated heterocycles. The molecule has 0 spiro atoms. The molecule has 0 radical (unpaired) electrons. The zero-order valence-corrected chi connectivity index (χ0v) is 19.7. The predicted molar refractivity (Wildman–Crippen MR) is 144 cm³/mol. The second-order valence-corrected chi connectivity index (χ2v) is 8.82. The van der Waals surface area contributed by atoms with Crippen LogP contribution >= 0.6 is 0 Å². The molecule has 0 saturated carbocycles. The number of carbonyl (C=O) groups excluding carboxylic acids is 1. The van der Waals surface area contributed by atoms with Crippen molar-refractivity contribution in [3.05, 3.63) is 179 Å². The maximum Gasteiger partial charge on any atom is 0.194 e. The van der Waals surface area contributed by atoms with E-state index in [1.54, 1.807) is 0 Å². The van der Waals surface area contributed by atoms with Crippen LogP contribution in [0.15, 0.2) is 151 Å². The van der Waals surface area contributed by atoms with Crippen LogP contribution in [0.5, 0.6) is 5.75 Å². The zero-order valence-electron chi connectivity index (χ0n) is 19.7. The Morgan fingerprint density at radius 3 is 1.58 bits per heavy atom. The Morgan fingerprint density at radius 1 is 0.528 bits per heavy atom. The van der Waals surface area contributed by atoms with Crippen molar-refractivity contribution in [3.8, 4) is 5.75 Å². The summed E-state index contributed by atoms with van der Waals surface area (Å²) in [4.78, 5) is 14.6. The molecule has 0 bridgehead atoms. The fourth-order valence-electron chi connectivity index (χ4n) is 5.12. The molecule has 6 rings (SSSR count). The molecule has 0 amide bonds. The molecule has 2 heteroatoms. The van der Waals surface area contributed by atoms with Crippen LogP contribution in [0, 0.1) is 0 Å². The van der Waals surface area contributed by atoms with E-state index in [1.807, 2.05) is 133 Å². The molecule has 172 valence electrons. The molecule has 0 atom stereocenters. The molecule has 1 aliphatic heterocycles. The Morgan fingerprint density at radius 2 is 1.00 bits per heavy atom. The quantitative estimate of drug-likeness (QED) is 0.249. The number of hydrogen-bond donors (Lipinski definition) is 0. The largest absolute Gasteiger partial charge is 0.472 e. The standard InChI is InChI=1S/C34H24O2/c35-33(26-17-7-2-8-18-26)32-31(25-15-5-1-6-16-25)29-23-13-14-24-30(29)36-34(32,27-19-9-3-10-20-27)28-21-11-4-12-22-28/h1-24H. The molecule has 1 aliphatic rings. The van der Waals surface area contributed by atoms with Gasteiger partial charge in [-0.05, 0) is 11.6 Å². The number of ether oxygens (including phenoxy) is 1. The Balaban J connectivity index is 1.80. The van der Waals surface area contributed by atoms with Crippen molar-refractivity contribution in [2.24, 2.45) is 0 Å². The summed E-state index contributed by atoms with van der Waals surface area (Å²) in [5.41, 5.74) is 4.66. The number of rotatable bonds is 5. The fraction of sp³-hybridized carbons (Fsp3) is 0.0294. The second kappa shape index (κ2) is 9.16.